The molecule has 1 unspecified atom stereocenters. The van der Waals surface area contributed by atoms with Gasteiger partial charge in [-0.1, -0.05) is 30.3 Å². The SMILES string of the molecule is COC(=O)C1CCC[N@@+](Cc2ccccc2)(C(=O)O)N1. The molecule has 6 nitrogen and oxygen atoms in total. The largest absolute Gasteiger partial charge is 0.533 e. The molecule has 108 valence electrons. The second-order valence-corrected chi connectivity index (χ2v) is 4.96. The van der Waals surface area contributed by atoms with Crippen molar-refractivity contribution in [3.05, 3.63) is 35.9 Å². The molecule has 1 amide bonds. The molecule has 1 aliphatic rings. The smallest absolute Gasteiger partial charge is 0.468 e. The van der Waals surface area contributed by atoms with E-state index in [1.807, 2.05) is 30.3 Å². The first-order chi connectivity index (χ1) is 9.57. The zero-order valence-corrected chi connectivity index (χ0v) is 11.4. The lowest BCUT2D eigenvalue weighted by Gasteiger charge is -2.38. The number of amides is 1. The van der Waals surface area contributed by atoms with Crippen LogP contribution in [0.1, 0.15) is 18.4 Å². The third kappa shape index (κ3) is 2.97. The number of nitrogens with zero attached hydrogens (tertiary/aromatic N) is 1. The van der Waals surface area contributed by atoms with Gasteiger partial charge in [-0.3, -0.25) is 4.79 Å². The Morgan fingerprint density at radius 2 is 2.10 bits per heavy atom. The molecule has 2 N–H and O–H groups in total. The molecule has 0 bridgehead atoms. The van der Waals surface area contributed by atoms with Crippen molar-refractivity contribution in [2.75, 3.05) is 13.7 Å². The average molecular weight is 279 g/mol. The minimum absolute atomic E-state index is 0.295. The number of carboxylic acid groups (broad SMARTS) is 1. The summed E-state index contributed by atoms with van der Waals surface area (Å²) >= 11 is 0. The predicted octanol–water partition coefficient (Wildman–Crippen LogP) is 1.52. The van der Waals surface area contributed by atoms with Gasteiger partial charge in [0.1, 0.15) is 13.1 Å². The summed E-state index contributed by atoms with van der Waals surface area (Å²) in [6.07, 6.45) is 0.267. The minimum Gasteiger partial charge on any atom is -0.468 e. The number of hydrogen-bond donors (Lipinski definition) is 2. The van der Waals surface area contributed by atoms with Gasteiger partial charge in [-0.15, -0.1) is 10.0 Å². The van der Waals surface area contributed by atoms with Crippen LogP contribution in [0, 0.1) is 0 Å². The van der Waals surface area contributed by atoms with Gasteiger partial charge in [0.2, 0.25) is 0 Å². The van der Waals surface area contributed by atoms with Crippen LogP contribution >= 0.6 is 0 Å². The standard InChI is InChI=1S/C14H18N2O4/c1-20-13(17)12-8-5-9-16(15-12,14(18)19)10-11-6-3-2-4-7-11/h2-4,6-7,12,15H,5,8-10H2,1H3/p+1/t12?,16-/m1/s1. The molecule has 2 rings (SSSR count). The van der Waals surface area contributed by atoms with Crippen LogP contribution in [0.3, 0.4) is 0 Å². The first-order valence-corrected chi connectivity index (χ1v) is 6.57. The Hall–Kier alpha value is -1.92. The van der Waals surface area contributed by atoms with Crippen molar-refractivity contribution in [1.82, 2.24) is 5.43 Å². The van der Waals surface area contributed by atoms with Gasteiger partial charge in [0.15, 0.2) is 6.04 Å². The quantitative estimate of drug-likeness (QED) is 0.648. The first-order valence-electron chi connectivity index (χ1n) is 6.57. The Morgan fingerprint density at radius 3 is 2.70 bits per heavy atom. The maximum atomic E-state index is 11.7. The molecule has 1 aromatic rings. The number of carbonyl (C=O) groups excluding carboxylic acids is 1. The summed E-state index contributed by atoms with van der Waals surface area (Å²) < 4.78 is 4.37. The van der Waals surface area contributed by atoms with Crippen molar-refractivity contribution >= 4 is 12.1 Å². The van der Waals surface area contributed by atoms with Crippen molar-refractivity contribution in [1.29, 1.82) is 0 Å². The summed E-state index contributed by atoms with van der Waals surface area (Å²) in [5.74, 6) is -0.415. The van der Waals surface area contributed by atoms with Crippen LogP contribution in [0.4, 0.5) is 4.79 Å². The fourth-order valence-corrected chi connectivity index (χ4v) is 2.54. The first kappa shape index (κ1) is 14.5. The Labute approximate surface area is 117 Å². The summed E-state index contributed by atoms with van der Waals surface area (Å²) in [7, 11) is 1.31. The van der Waals surface area contributed by atoms with E-state index in [2.05, 4.69) is 5.43 Å². The molecule has 0 radical (unpaired) electrons. The minimum atomic E-state index is -0.984. The predicted molar refractivity (Wildman–Crippen MR) is 71.5 cm³/mol. The highest BCUT2D eigenvalue weighted by molar-refractivity contribution is 5.75. The van der Waals surface area contributed by atoms with Gasteiger partial charge >= 0.3 is 12.1 Å². The number of esters is 1. The third-order valence-electron chi connectivity index (χ3n) is 3.58. The Bertz CT molecular complexity index is 491. The van der Waals surface area contributed by atoms with Crippen LogP contribution in [-0.2, 0) is 16.1 Å². The molecule has 0 aliphatic carbocycles. The van der Waals surface area contributed by atoms with E-state index >= 15 is 0 Å². The lowest BCUT2D eigenvalue weighted by molar-refractivity contribution is -0.921. The molecule has 0 aromatic heterocycles. The van der Waals surface area contributed by atoms with E-state index in [9.17, 15) is 14.7 Å². The number of benzene rings is 1. The summed E-state index contributed by atoms with van der Waals surface area (Å²) in [5.41, 5.74) is 3.84. The lowest BCUT2D eigenvalue weighted by Crippen LogP contribution is -2.68. The molecule has 1 heterocycles. The summed E-state index contributed by atoms with van der Waals surface area (Å²) in [6.45, 7) is 0.737. The Morgan fingerprint density at radius 1 is 1.40 bits per heavy atom. The number of quaternary nitrogens is 1. The molecule has 0 saturated carbocycles. The number of nitrogens with one attached hydrogen (secondary N) is 1. The van der Waals surface area contributed by atoms with Gasteiger partial charge in [-0.05, 0) is 6.42 Å². The molecule has 1 fully saturated rings. The van der Waals surface area contributed by atoms with Gasteiger partial charge in [0.05, 0.1) is 7.11 Å². The number of rotatable bonds is 3. The summed E-state index contributed by atoms with van der Waals surface area (Å²) in [5, 5.41) is 9.58. The van der Waals surface area contributed by atoms with Gasteiger partial charge in [0.25, 0.3) is 0 Å². The van der Waals surface area contributed by atoms with Crippen LogP contribution in [0.5, 0.6) is 0 Å². The summed E-state index contributed by atoms with van der Waals surface area (Å²) in [4.78, 5) is 23.3. The highest BCUT2D eigenvalue weighted by Gasteiger charge is 2.45. The highest BCUT2D eigenvalue weighted by Crippen LogP contribution is 2.21. The van der Waals surface area contributed by atoms with Crippen LogP contribution in [0.25, 0.3) is 0 Å². The van der Waals surface area contributed by atoms with Gasteiger partial charge in [-0.25, -0.2) is 0 Å². The highest BCUT2D eigenvalue weighted by atomic mass is 16.5. The molecule has 1 aliphatic heterocycles. The maximum Gasteiger partial charge on any atom is 0.533 e. The molecule has 0 spiro atoms. The molecular formula is C14H19N2O4+. The van der Waals surface area contributed by atoms with Crippen LogP contribution < -0.4 is 5.43 Å². The van der Waals surface area contributed by atoms with Crippen molar-refractivity contribution in [3.8, 4) is 0 Å². The Kier molecular flexibility index (Phi) is 4.36. The zero-order valence-electron chi connectivity index (χ0n) is 11.4. The van der Waals surface area contributed by atoms with Crippen molar-refractivity contribution in [3.63, 3.8) is 0 Å². The normalized spacial score (nSPS) is 25.9. The van der Waals surface area contributed by atoms with E-state index in [-0.39, 0.29) is 4.59 Å². The van der Waals surface area contributed by atoms with Gasteiger partial charge in [-0.2, -0.15) is 4.79 Å². The van der Waals surface area contributed by atoms with E-state index in [1.165, 1.54) is 7.11 Å². The zero-order chi connectivity index (χ0) is 14.6. The molecule has 6 heteroatoms. The topological polar surface area (TPSA) is 75.6 Å². The van der Waals surface area contributed by atoms with Gasteiger partial charge < -0.3 is 9.84 Å². The molecule has 20 heavy (non-hydrogen) atoms. The monoisotopic (exact) mass is 279 g/mol. The van der Waals surface area contributed by atoms with E-state index in [0.717, 1.165) is 5.56 Å². The van der Waals surface area contributed by atoms with E-state index < -0.39 is 18.1 Å². The molecule has 2 atom stereocenters. The number of hydrogen-bond acceptors (Lipinski definition) is 4. The van der Waals surface area contributed by atoms with E-state index in [1.54, 1.807) is 0 Å². The second-order valence-electron chi connectivity index (χ2n) is 4.96. The lowest BCUT2D eigenvalue weighted by atomic mass is 10.1. The van der Waals surface area contributed by atoms with Crippen molar-refractivity contribution in [2.24, 2.45) is 0 Å². The third-order valence-corrected chi connectivity index (χ3v) is 3.58. The second kappa shape index (κ2) is 6.02. The number of carbonyl (C=O) groups is 2. The van der Waals surface area contributed by atoms with E-state index in [0.29, 0.717) is 25.9 Å². The number of ether oxygens (including phenoxy) is 1. The fourth-order valence-electron chi connectivity index (χ4n) is 2.54. The van der Waals surface area contributed by atoms with Crippen molar-refractivity contribution in [2.45, 2.75) is 25.4 Å². The number of methoxy groups -OCH3 is 1. The average Bonchev–Trinajstić information content (AvgIpc) is 2.47. The summed E-state index contributed by atoms with van der Waals surface area (Å²) in [6, 6.07) is 8.81. The van der Waals surface area contributed by atoms with Crippen molar-refractivity contribution < 1.29 is 24.0 Å². The Balaban J connectivity index is 2.21. The van der Waals surface area contributed by atoms with Gasteiger partial charge in [0, 0.05) is 12.0 Å². The van der Waals surface area contributed by atoms with Crippen LogP contribution in [-0.4, -0.2) is 41.5 Å². The maximum absolute atomic E-state index is 11.7. The van der Waals surface area contributed by atoms with Crippen LogP contribution in [0.15, 0.2) is 30.3 Å². The fraction of sp³-hybridized carbons (Fsp3) is 0.429. The van der Waals surface area contributed by atoms with E-state index in [4.69, 9.17) is 4.74 Å². The molecule has 1 saturated heterocycles. The molecule has 1 aromatic carbocycles. The molecular weight excluding hydrogens is 260 g/mol. The van der Waals surface area contributed by atoms with Crippen LogP contribution in [0.2, 0.25) is 0 Å².